The topological polar surface area (TPSA) is 41.0 Å². The number of nitrogens with zero attached hydrogens (tertiary/aromatic N) is 3. The van der Waals surface area contributed by atoms with Crippen LogP contribution in [0.25, 0.3) is 4.85 Å². The molecule has 0 saturated carbocycles. The molecule has 0 aromatic carbocycles. The van der Waals surface area contributed by atoms with Gasteiger partial charge >= 0.3 is 0 Å². The van der Waals surface area contributed by atoms with Gasteiger partial charge in [-0.05, 0) is 0 Å². The van der Waals surface area contributed by atoms with Crippen LogP contribution in [0.5, 0.6) is 0 Å². The Labute approximate surface area is 89.3 Å². The first-order valence-electron chi connectivity index (χ1n) is 2.93. The van der Waals surface area contributed by atoms with Gasteiger partial charge in [0, 0.05) is 0 Å². The maximum absolute atomic E-state index is 8.61. The Bertz CT molecular complexity index is 404. The molecule has 1 heterocycles. The zero-order valence-corrected chi connectivity index (χ0v) is 8.24. The fraction of sp³-hybridized carbons (Fsp3) is 0. The first kappa shape index (κ1) is 10.1. The van der Waals surface area contributed by atoms with E-state index in [0.29, 0.717) is 0 Å². The maximum atomic E-state index is 8.61. The first-order valence-corrected chi connectivity index (χ1v) is 4.07. The van der Waals surface area contributed by atoms with Crippen molar-refractivity contribution in [3.63, 3.8) is 0 Å². The molecule has 0 amide bonds. The van der Waals surface area contributed by atoms with E-state index in [9.17, 15) is 0 Å². The van der Waals surface area contributed by atoms with Gasteiger partial charge in [0.1, 0.15) is 16.4 Å². The second-order valence-electron chi connectivity index (χ2n) is 1.95. The molecule has 0 spiro atoms. The van der Waals surface area contributed by atoms with Crippen molar-refractivity contribution in [1.82, 2.24) is 4.98 Å². The summed E-state index contributed by atoms with van der Waals surface area (Å²) in [6.45, 7) is 6.73. The molecule has 0 bridgehead atoms. The van der Waals surface area contributed by atoms with Gasteiger partial charge in [-0.2, -0.15) is 5.26 Å². The SMILES string of the molecule is [C-]#[N+]c1c(Cl)nc(Cl)c(C#N)c1Cl. The van der Waals surface area contributed by atoms with Gasteiger partial charge in [0.25, 0.3) is 0 Å². The van der Waals surface area contributed by atoms with Crippen molar-refractivity contribution in [2.24, 2.45) is 0 Å². The van der Waals surface area contributed by atoms with Crippen LogP contribution in [-0.2, 0) is 0 Å². The average Bonchev–Trinajstić information content (AvgIpc) is 2.04. The fourth-order valence-electron chi connectivity index (χ4n) is 0.685. The minimum absolute atomic E-state index is 0.0290. The average molecular weight is 232 g/mol. The predicted octanol–water partition coefficient (Wildman–Crippen LogP) is 3.46. The van der Waals surface area contributed by atoms with Gasteiger partial charge < -0.3 is 0 Å². The van der Waals surface area contributed by atoms with Gasteiger partial charge in [-0.1, -0.05) is 34.8 Å². The minimum Gasteiger partial charge on any atom is -0.235 e. The Balaban J connectivity index is 3.63. The van der Waals surface area contributed by atoms with Crippen molar-refractivity contribution >= 4 is 40.5 Å². The number of rotatable bonds is 0. The number of nitriles is 1. The molecular weight excluding hydrogens is 232 g/mol. The molecule has 6 heteroatoms. The third-order valence-electron chi connectivity index (χ3n) is 1.25. The van der Waals surface area contributed by atoms with E-state index in [0.717, 1.165) is 0 Å². The largest absolute Gasteiger partial charge is 0.243 e. The van der Waals surface area contributed by atoms with Crippen LogP contribution in [-0.4, -0.2) is 4.98 Å². The van der Waals surface area contributed by atoms with Crippen molar-refractivity contribution in [1.29, 1.82) is 5.26 Å². The molecule has 0 fully saturated rings. The van der Waals surface area contributed by atoms with Crippen LogP contribution in [0.1, 0.15) is 5.56 Å². The quantitative estimate of drug-likeness (QED) is 0.508. The summed E-state index contributed by atoms with van der Waals surface area (Å²) >= 11 is 16.8. The zero-order valence-electron chi connectivity index (χ0n) is 5.98. The molecule has 0 aliphatic carbocycles. The molecule has 13 heavy (non-hydrogen) atoms. The van der Waals surface area contributed by atoms with E-state index in [-0.39, 0.29) is 26.6 Å². The summed E-state index contributed by atoms with van der Waals surface area (Å²) in [5.74, 6) is 0. The second-order valence-corrected chi connectivity index (χ2v) is 3.05. The maximum Gasteiger partial charge on any atom is 0.243 e. The van der Waals surface area contributed by atoms with Crippen molar-refractivity contribution in [3.8, 4) is 6.07 Å². The predicted molar refractivity (Wildman–Crippen MR) is 50.2 cm³/mol. The van der Waals surface area contributed by atoms with E-state index in [1.54, 1.807) is 6.07 Å². The first-order chi connectivity index (χ1) is 6.11. The molecule has 64 valence electrons. The molecule has 0 N–H and O–H groups in total. The molecule has 1 aromatic rings. The van der Waals surface area contributed by atoms with Crippen molar-refractivity contribution in [3.05, 3.63) is 32.3 Å². The highest BCUT2D eigenvalue weighted by molar-refractivity contribution is 6.41. The highest BCUT2D eigenvalue weighted by atomic mass is 35.5. The summed E-state index contributed by atoms with van der Waals surface area (Å²) in [4.78, 5) is 6.62. The van der Waals surface area contributed by atoms with Crippen molar-refractivity contribution in [2.75, 3.05) is 0 Å². The lowest BCUT2D eigenvalue weighted by Crippen LogP contribution is -1.86. The summed E-state index contributed by atoms with van der Waals surface area (Å²) in [5.41, 5.74) is -0.0805. The Hall–Kier alpha value is -1.00. The highest BCUT2D eigenvalue weighted by Gasteiger charge is 2.15. The molecule has 0 atom stereocenters. The van der Waals surface area contributed by atoms with Crippen LogP contribution in [0.3, 0.4) is 0 Å². The summed E-state index contributed by atoms with van der Waals surface area (Å²) in [6.07, 6.45) is 0. The highest BCUT2D eigenvalue weighted by Crippen LogP contribution is 2.36. The van der Waals surface area contributed by atoms with Crippen LogP contribution in [0.4, 0.5) is 5.69 Å². The zero-order chi connectivity index (χ0) is 10.0. The van der Waals surface area contributed by atoms with Crippen LogP contribution in [0.2, 0.25) is 15.3 Å². The third-order valence-corrected chi connectivity index (χ3v) is 2.15. The van der Waals surface area contributed by atoms with Crippen LogP contribution in [0.15, 0.2) is 0 Å². The number of aromatic nitrogens is 1. The summed E-state index contributed by atoms with van der Waals surface area (Å²) in [5, 5.41) is 8.37. The van der Waals surface area contributed by atoms with Gasteiger partial charge in [-0.3, -0.25) is 0 Å². The molecule has 0 aliphatic rings. The van der Waals surface area contributed by atoms with E-state index >= 15 is 0 Å². The van der Waals surface area contributed by atoms with E-state index in [2.05, 4.69) is 9.83 Å². The number of halogens is 3. The number of pyridine rings is 1. The Morgan fingerprint density at radius 2 is 1.92 bits per heavy atom. The standard InChI is InChI=1S/C7Cl3N3/c1-12-5-4(8)3(2-11)6(9)13-7(5)10. The Kier molecular flexibility index (Phi) is 2.95. The normalized spacial score (nSPS) is 9.00. The van der Waals surface area contributed by atoms with Gasteiger partial charge in [-0.25, -0.2) is 9.83 Å². The van der Waals surface area contributed by atoms with Crippen LogP contribution in [0, 0.1) is 17.9 Å². The van der Waals surface area contributed by atoms with Gasteiger partial charge in [-0.15, -0.1) is 0 Å². The second kappa shape index (κ2) is 3.81. The van der Waals surface area contributed by atoms with Gasteiger partial charge in [0.15, 0.2) is 0 Å². The minimum atomic E-state index is -0.0935. The lowest BCUT2D eigenvalue weighted by molar-refractivity contribution is 1.31. The van der Waals surface area contributed by atoms with E-state index < -0.39 is 0 Å². The van der Waals surface area contributed by atoms with E-state index in [1.807, 2.05) is 0 Å². The lowest BCUT2D eigenvalue weighted by Gasteiger charge is -2.01. The van der Waals surface area contributed by atoms with Crippen molar-refractivity contribution < 1.29 is 0 Å². The summed E-state index contributed by atoms with van der Waals surface area (Å²) in [7, 11) is 0. The Morgan fingerprint density at radius 3 is 2.38 bits per heavy atom. The molecular formula is C7Cl3N3. The lowest BCUT2D eigenvalue weighted by atomic mass is 10.3. The fourth-order valence-corrected chi connectivity index (χ4v) is 1.53. The Morgan fingerprint density at radius 1 is 1.31 bits per heavy atom. The van der Waals surface area contributed by atoms with Crippen LogP contribution < -0.4 is 0 Å². The number of hydrogen-bond acceptors (Lipinski definition) is 2. The molecule has 1 rings (SSSR count). The van der Waals surface area contributed by atoms with Gasteiger partial charge in [0.05, 0.1) is 17.2 Å². The molecule has 0 saturated heterocycles. The summed E-state index contributed by atoms with van der Waals surface area (Å²) in [6, 6.07) is 1.74. The summed E-state index contributed by atoms with van der Waals surface area (Å²) < 4.78 is 0. The van der Waals surface area contributed by atoms with Crippen molar-refractivity contribution in [2.45, 2.75) is 0 Å². The smallest absolute Gasteiger partial charge is 0.235 e. The third kappa shape index (κ3) is 1.68. The van der Waals surface area contributed by atoms with E-state index in [4.69, 9.17) is 46.6 Å². The van der Waals surface area contributed by atoms with E-state index in [1.165, 1.54) is 0 Å². The molecule has 0 unspecified atom stereocenters. The number of hydrogen-bond donors (Lipinski definition) is 0. The molecule has 1 aromatic heterocycles. The van der Waals surface area contributed by atoms with Gasteiger partial charge in [0.2, 0.25) is 5.69 Å². The molecule has 3 nitrogen and oxygen atoms in total. The molecule has 0 aliphatic heterocycles. The monoisotopic (exact) mass is 231 g/mol. The van der Waals surface area contributed by atoms with Crippen LogP contribution >= 0.6 is 34.8 Å². The molecule has 0 radical (unpaired) electrons.